The molecule has 0 radical (unpaired) electrons. The SMILES string of the molecule is NP(=O)(O)O.[H-].[H-].[H-].[Na+].[Na+].[Na+]. The first-order valence-corrected chi connectivity index (χ1v) is 2.52. The van der Waals surface area contributed by atoms with E-state index >= 15 is 0 Å². The number of nitrogens with two attached hydrogens (primary N) is 1. The molecule has 0 heterocycles. The van der Waals surface area contributed by atoms with Gasteiger partial charge < -0.3 is 14.1 Å². The Balaban J connectivity index is -0.00000000533. The van der Waals surface area contributed by atoms with Gasteiger partial charge in [0.05, 0.1) is 0 Å². The van der Waals surface area contributed by atoms with Gasteiger partial charge >= 0.3 is 96.4 Å². The van der Waals surface area contributed by atoms with Crippen molar-refractivity contribution in [1.82, 2.24) is 0 Å². The van der Waals surface area contributed by atoms with Gasteiger partial charge in [0.1, 0.15) is 0 Å². The van der Waals surface area contributed by atoms with Crippen LogP contribution in [0.1, 0.15) is 4.28 Å². The van der Waals surface area contributed by atoms with Crippen molar-refractivity contribution in [2.24, 2.45) is 5.50 Å². The standard InChI is InChI=1S/H4NO3P.3Na.3H/c1-5(2,3)4;;;;;;/h(H4,1,2,3,4);;;;;;/q;3*+1;3*-1. The molecule has 0 unspecified atom stereocenters. The Hall–Kier alpha value is 3.11. The van der Waals surface area contributed by atoms with Crippen LogP contribution in [0.25, 0.3) is 0 Å². The molecule has 8 heteroatoms. The van der Waals surface area contributed by atoms with Crippen LogP contribution in [0.15, 0.2) is 0 Å². The number of hydrogen-bond acceptors (Lipinski definition) is 1. The predicted octanol–water partition coefficient (Wildman–Crippen LogP) is -9.61. The summed E-state index contributed by atoms with van der Waals surface area (Å²) < 4.78 is 9.10. The summed E-state index contributed by atoms with van der Waals surface area (Å²) in [7, 11) is -4.14. The molecule has 4 N–H and O–H groups in total. The van der Waals surface area contributed by atoms with E-state index in [0.29, 0.717) is 0 Å². The molecule has 0 aromatic heterocycles. The largest absolute Gasteiger partial charge is 1.00 e. The first kappa shape index (κ1) is 22.5. The maximum atomic E-state index is 9.10. The minimum atomic E-state index is -4.14. The smallest absolute Gasteiger partial charge is 1.00 e. The van der Waals surface area contributed by atoms with Crippen LogP contribution < -0.4 is 94.2 Å². The fourth-order valence-corrected chi connectivity index (χ4v) is 0. The predicted molar refractivity (Wildman–Crippen MR) is 19.6 cm³/mol. The molecule has 0 aromatic carbocycles. The minimum absolute atomic E-state index is 0. The van der Waals surface area contributed by atoms with E-state index < -0.39 is 7.75 Å². The first-order chi connectivity index (χ1) is 2.00. The van der Waals surface area contributed by atoms with Crippen LogP contribution in [0.4, 0.5) is 0 Å². The molecule has 0 rings (SSSR count). The maximum absolute atomic E-state index is 9.10. The summed E-state index contributed by atoms with van der Waals surface area (Å²) in [6.07, 6.45) is 0. The van der Waals surface area contributed by atoms with Gasteiger partial charge in [-0.05, 0) is 0 Å². The molecule has 8 heavy (non-hydrogen) atoms. The average molecular weight is 169 g/mol. The molecule has 4 nitrogen and oxygen atoms in total. The van der Waals surface area contributed by atoms with Crippen LogP contribution in [-0.4, -0.2) is 9.79 Å². The van der Waals surface area contributed by atoms with Crippen molar-refractivity contribution in [1.29, 1.82) is 0 Å². The maximum Gasteiger partial charge on any atom is 1.00 e. The Morgan fingerprint density at radius 2 is 1.25 bits per heavy atom. The van der Waals surface area contributed by atoms with E-state index in [-0.39, 0.29) is 93.0 Å². The second-order valence-corrected chi connectivity index (χ2v) is 1.77. The third-order valence-electron chi connectivity index (χ3n) is 0. The van der Waals surface area contributed by atoms with E-state index in [9.17, 15) is 0 Å². The molecule has 0 fully saturated rings. The van der Waals surface area contributed by atoms with Crippen molar-refractivity contribution in [2.45, 2.75) is 0 Å². The first-order valence-electron chi connectivity index (χ1n) is 0.841. The Morgan fingerprint density at radius 1 is 1.25 bits per heavy atom. The number of hydrogen-bond donors (Lipinski definition) is 3. The molecular weight excluding hydrogens is 162 g/mol. The second kappa shape index (κ2) is 10.1. The van der Waals surface area contributed by atoms with Gasteiger partial charge in [-0.3, -0.25) is 0 Å². The van der Waals surface area contributed by atoms with Crippen LogP contribution in [0, 0.1) is 0 Å². The van der Waals surface area contributed by atoms with Crippen molar-refractivity contribution in [3.05, 3.63) is 0 Å². The van der Waals surface area contributed by atoms with Gasteiger partial charge in [0.25, 0.3) is 0 Å². The Morgan fingerprint density at radius 3 is 1.25 bits per heavy atom. The summed E-state index contributed by atoms with van der Waals surface area (Å²) in [5.41, 5.74) is 4.02. The van der Waals surface area contributed by atoms with Crippen LogP contribution in [0.5, 0.6) is 0 Å². The van der Waals surface area contributed by atoms with Crippen molar-refractivity contribution in [3.8, 4) is 0 Å². The molecular formula is H7NNa3O3P. The van der Waals surface area contributed by atoms with Gasteiger partial charge in [-0.25, -0.2) is 10.1 Å². The number of rotatable bonds is 0. The minimum Gasteiger partial charge on any atom is -1.00 e. The summed E-state index contributed by atoms with van der Waals surface area (Å²) in [6, 6.07) is 0. The van der Waals surface area contributed by atoms with Gasteiger partial charge in [-0.2, -0.15) is 0 Å². The van der Waals surface area contributed by atoms with E-state index in [1.807, 2.05) is 0 Å². The Kier molecular flexibility index (Phi) is 28.4. The van der Waals surface area contributed by atoms with E-state index in [4.69, 9.17) is 14.4 Å². The van der Waals surface area contributed by atoms with Gasteiger partial charge in [0.15, 0.2) is 0 Å². The Labute approximate surface area is 119 Å². The van der Waals surface area contributed by atoms with E-state index in [2.05, 4.69) is 5.50 Å². The zero-order chi connectivity index (χ0) is 4.50. The molecule has 0 aliphatic carbocycles. The Bertz CT molecular complexity index is 70.0. The van der Waals surface area contributed by atoms with E-state index in [1.54, 1.807) is 0 Å². The molecule has 0 saturated carbocycles. The topological polar surface area (TPSA) is 83.6 Å². The monoisotopic (exact) mass is 169 g/mol. The summed E-state index contributed by atoms with van der Waals surface area (Å²) in [6.45, 7) is 0. The third-order valence-corrected chi connectivity index (χ3v) is 0. The fraction of sp³-hybridized carbons (Fsp3) is 0. The van der Waals surface area contributed by atoms with Gasteiger partial charge in [-0.1, -0.05) is 0 Å². The second-order valence-electron chi connectivity index (χ2n) is 0.589. The van der Waals surface area contributed by atoms with Gasteiger partial charge in [0, 0.05) is 0 Å². The molecule has 0 saturated heterocycles. The molecule has 38 valence electrons. The third kappa shape index (κ3) is 61.9. The summed E-state index contributed by atoms with van der Waals surface area (Å²) in [5.74, 6) is 0. The van der Waals surface area contributed by atoms with E-state index in [1.165, 1.54) is 0 Å². The molecule has 0 aromatic rings. The van der Waals surface area contributed by atoms with Crippen LogP contribution >= 0.6 is 7.75 Å². The fourth-order valence-electron chi connectivity index (χ4n) is 0. The van der Waals surface area contributed by atoms with Crippen LogP contribution in [0.3, 0.4) is 0 Å². The molecule has 0 aliphatic rings. The molecule has 0 atom stereocenters. The summed E-state index contributed by atoms with van der Waals surface area (Å²) in [4.78, 5) is 14.8. The summed E-state index contributed by atoms with van der Waals surface area (Å²) >= 11 is 0. The summed E-state index contributed by atoms with van der Waals surface area (Å²) in [5, 5.41) is 0. The molecule has 0 aliphatic heterocycles. The van der Waals surface area contributed by atoms with Crippen LogP contribution in [0.2, 0.25) is 0 Å². The average Bonchev–Trinajstić information content (AvgIpc) is 0.722. The molecule has 0 amide bonds. The molecule has 0 bridgehead atoms. The molecule has 0 spiro atoms. The zero-order valence-electron chi connectivity index (χ0n) is 8.33. The van der Waals surface area contributed by atoms with Crippen molar-refractivity contribution in [2.75, 3.05) is 0 Å². The van der Waals surface area contributed by atoms with Crippen molar-refractivity contribution < 1.29 is 107 Å². The normalized spacial score (nSPS) is 7.38. The van der Waals surface area contributed by atoms with Gasteiger partial charge in [0.2, 0.25) is 0 Å². The van der Waals surface area contributed by atoms with Crippen LogP contribution in [-0.2, 0) is 4.57 Å². The van der Waals surface area contributed by atoms with Crippen molar-refractivity contribution in [3.63, 3.8) is 0 Å². The van der Waals surface area contributed by atoms with E-state index in [0.717, 1.165) is 0 Å². The van der Waals surface area contributed by atoms with Gasteiger partial charge in [-0.15, -0.1) is 0 Å². The zero-order valence-corrected chi connectivity index (χ0v) is 12.2. The quantitative estimate of drug-likeness (QED) is 0.248. The van der Waals surface area contributed by atoms with Crippen molar-refractivity contribution >= 4 is 7.75 Å².